The van der Waals surface area contributed by atoms with Crippen molar-refractivity contribution in [2.24, 2.45) is 0 Å². The number of halogens is 1. The van der Waals surface area contributed by atoms with Gasteiger partial charge in [0.05, 0.1) is 0 Å². The summed E-state index contributed by atoms with van der Waals surface area (Å²) in [7, 11) is 0. The van der Waals surface area contributed by atoms with E-state index in [0.717, 1.165) is 22.3 Å². The molecule has 9 heteroatoms. The third kappa shape index (κ3) is 5.00. The average molecular weight is 410 g/mol. The zero-order valence-corrected chi connectivity index (χ0v) is 15.1. The Morgan fingerprint density at radius 2 is 1.92 bits per heavy atom. The molecule has 0 spiro atoms. The normalized spacial score (nSPS) is 13.4. The molecule has 0 unspecified atom stereocenters. The summed E-state index contributed by atoms with van der Waals surface area (Å²) in [6, 6.07) is 6.88. The van der Waals surface area contributed by atoms with Gasteiger partial charge in [-0.05, 0) is 37.1 Å². The number of nitrogens with zero attached hydrogens (tertiary/aromatic N) is 2. The van der Waals surface area contributed by atoms with E-state index in [9.17, 15) is 9.59 Å². The molecule has 0 radical (unpaired) electrons. The van der Waals surface area contributed by atoms with Crippen molar-refractivity contribution in [2.45, 2.75) is 25.2 Å². The molecule has 1 aliphatic carbocycles. The molecular weight excluding hydrogens is 394 g/mol. The Morgan fingerprint density at radius 3 is 2.62 bits per heavy atom. The summed E-state index contributed by atoms with van der Waals surface area (Å²) in [5, 5.41) is 17.6. The topological polar surface area (TPSA) is 96.0 Å². The fourth-order valence-corrected chi connectivity index (χ4v) is 3.15. The number of amides is 3. The molecule has 3 N–H and O–H groups in total. The Hall–Kier alpha value is -2.00. The van der Waals surface area contributed by atoms with Crippen LogP contribution in [-0.4, -0.2) is 28.7 Å². The van der Waals surface area contributed by atoms with Crippen LogP contribution in [0.2, 0.25) is 0 Å². The van der Waals surface area contributed by atoms with E-state index in [0.29, 0.717) is 16.7 Å². The van der Waals surface area contributed by atoms with Crippen LogP contribution >= 0.6 is 27.3 Å². The predicted molar refractivity (Wildman–Crippen MR) is 96.3 cm³/mol. The first-order valence-corrected chi connectivity index (χ1v) is 9.15. The third-order valence-corrected chi connectivity index (χ3v) is 4.88. The molecule has 3 rings (SSSR count). The standard InChI is InChI=1S/C15H16BrN5O2S/c16-10-3-5-11(6-4-10)18-14(23)17-8-7-12(22)19-15-21-20-13(24-15)9-1-2-9/h3-6,9H,1-2,7-8H2,(H2,17,18,23)(H,19,21,22). The molecule has 1 saturated carbocycles. The minimum Gasteiger partial charge on any atom is -0.337 e. The Kier molecular flexibility index (Phi) is 5.41. The highest BCUT2D eigenvalue weighted by Crippen LogP contribution is 2.42. The highest BCUT2D eigenvalue weighted by molar-refractivity contribution is 9.10. The van der Waals surface area contributed by atoms with E-state index in [4.69, 9.17) is 0 Å². The predicted octanol–water partition coefficient (Wildman–Crippen LogP) is 3.33. The summed E-state index contributed by atoms with van der Waals surface area (Å²) in [6.45, 7) is 0.239. The Bertz CT molecular complexity index is 730. The lowest BCUT2D eigenvalue weighted by Gasteiger charge is -2.07. The second-order valence-electron chi connectivity index (χ2n) is 5.41. The zero-order valence-electron chi connectivity index (χ0n) is 12.7. The molecule has 0 atom stereocenters. The molecular formula is C15H16BrN5O2S. The summed E-state index contributed by atoms with van der Waals surface area (Å²) < 4.78 is 0.937. The number of urea groups is 1. The first-order chi connectivity index (χ1) is 11.6. The van der Waals surface area contributed by atoms with Crippen LogP contribution in [0.5, 0.6) is 0 Å². The first-order valence-electron chi connectivity index (χ1n) is 7.54. The van der Waals surface area contributed by atoms with E-state index in [1.54, 1.807) is 12.1 Å². The van der Waals surface area contributed by atoms with Gasteiger partial charge >= 0.3 is 6.03 Å². The van der Waals surface area contributed by atoms with Crippen molar-refractivity contribution in [3.8, 4) is 0 Å². The number of benzene rings is 1. The van der Waals surface area contributed by atoms with E-state index in [2.05, 4.69) is 42.1 Å². The van der Waals surface area contributed by atoms with Crippen molar-refractivity contribution in [3.63, 3.8) is 0 Å². The van der Waals surface area contributed by atoms with Crippen molar-refractivity contribution in [1.29, 1.82) is 0 Å². The monoisotopic (exact) mass is 409 g/mol. The highest BCUT2D eigenvalue weighted by Gasteiger charge is 2.27. The van der Waals surface area contributed by atoms with Crippen molar-refractivity contribution in [2.75, 3.05) is 17.2 Å². The Balaban J connectivity index is 1.36. The molecule has 126 valence electrons. The van der Waals surface area contributed by atoms with E-state index in [-0.39, 0.29) is 24.9 Å². The van der Waals surface area contributed by atoms with Gasteiger partial charge in [-0.15, -0.1) is 10.2 Å². The van der Waals surface area contributed by atoms with Gasteiger partial charge in [-0.25, -0.2) is 4.79 Å². The molecule has 7 nitrogen and oxygen atoms in total. The van der Waals surface area contributed by atoms with Gasteiger partial charge in [0, 0.05) is 29.0 Å². The van der Waals surface area contributed by atoms with Crippen LogP contribution in [0, 0.1) is 0 Å². The van der Waals surface area contributed by atoms with Crippen LogP contribution in [-0.2, 0) is 4.79 Å². The van der Waals surface area contributed by atoms with Crippen LogP contribution in [0.15, 0.2) is 28.7 Å². The summed E-state index contributed by atoms with van der Waals surface area (Å²) in [5.41, 5.74) is 0.682. The number of hydrogen-bond acceptors (Lipinski definition) is 5. The minimum atomic E-state index is -0.350. The zero-order chi connectivity index (χ0) is 16.9. The fourth-order valence-electron chi connectivity index (χ4n) is 1.96. The van der Waals surface area contributed by atoms with Crippen molar-refractivity contribution in [3.05, 3.63) is 33.7 Å². The lowest BCUT2D eigenvalue weighted by Crippen LogP contribution is -2.31. The van der Waals surface area contributed by atoms with Gasteiger partial charge in [0.25, 0.3) is 0 Å². The van der Waals surface area contributed by atoms with Gasteiger partial charge in [0.1, 0.15) is 5.01 Å². The number of carbonyl (C=O) groups excluding carboxylic acids is 2. The summed E-state index contributed by atoms with van der Waals surface area (Å²) in [5.74, 6) is 0.328. The highest BCUT2D eigenvalue weighted by atomic mass is 79.9. The quantitative estimate of drug-likeness (QED) is 0.681. The van der Waals surface area contributed by atoms with Gasteiger partial charge in [-0.2, -0.15) is 0 Å². The fraction of sp³-hybridized carbons (Fsp3) is 0.333. The average Bonchev–Trinajstić information content (AvgIpc) is 3.30. The number of nitrogens with one attached hydrogen (secondary N) is 3. The molecule has 24 heavy (non-hydrogen) atoms. The molecule has 0 aliphatic heterocycles. The summed E-state index contributed by atoms with van der Waals surface area (Å²) in [4.78, 5) is 23.6. The summed E-state index contributed by atoms with van der Waals surface area (Å²) in [6.07, 6.45) is 2.48. The van der Waals surface area contributed by atoms with Crippen LogP contribution in [0.1, 0.15) is 30.2 Å². The molecule has 1 heterocycles. The first kappa shape index (κ1) is 16.8. The molecule has 1 aromatic carbocycles. The van der Waals surface area contributed by atoms with Gasteiger partial charge < -0.3 is 16.0 Å². The van der Waals surface area contributed by atoms with Gasteiger partial charge in [0.2, 0.25) is 11.0 Å². The van der Waals surface area contributed by atoms with Crippen molar-refractivity contribution >= 4 is 50.0 Å². The third-order valence-electron chi connectivity index (χ3n) is 3.35. The molecule has 0 bridgehead atoms. The van der Waals surface area contributed by atoms with Gasteiger partial charge in [0.15, 0.2) is 0 Å². The van der Waals surface area contributed by atoms with Crippen LogP contribution in [0.25, 0.3) is 0 Å². The Labute approximate surface area is 151 Å². The molecule has 1 fully saturated rings. The van der Waals surface area contributed by atoms with Gasteiger partial charge in [-0.3, -0.25) is 4.79 Å². The minimum absolute atomic E-state index is 0.173. The maximum Gasteiger partial charge on any atom is 0.319 e. The number of carbonyl (C=O) groups is 2. The molecule has 3 amide bonds. The van der Waals surface area contributed by atoms with E-state index in [1.807, 2.05) is 12.1 Å². The number of anilines is 2. The van der Waals surface area contributed by atoms with Gasteiger partial charge in [-0.1, -0.05) is 27.3 Å². The molecule has 1 aromatic heterocycles. The SMILES string of the molecule is O=C(CCNC(=O)Nc1ccc(Br)cc1)Nc1nnc(C2CC2)s1. The van der Waals surface area contributed by atoms with Crippen LogP contribution in [0.4, 0.5) is 15.6 Å². The van der Waals surface area contributed by atoms with Crippen molar-refractivity contribution in [1.82, 2.24) is 15.5 Å². The lowest BCUT2D eigenvalue weighted by atomic mass is 10.3. The summed E-state index contributed by atoms with van der Waals surface area (Å²) >= 11 is 4.74. The number of hydrogen-bond donors (Lipinski definition) is 3. The van der Waals surface area contributed by atoms with Crippen molar-refractivity contribution < 1.29 is 9.59 Å². The molecule has 0 saturated heterocycles. The smallest absolute Gasteiger partial charge is 0.319 e. The number of rotatable bonds is 6. The lowest BCUT2D eigenvalue weighted by molar-refractivity contribution is -0.116. The maximum absolute atomic E-state index is 11.8. The molecule has 1 aliphatic rings. The maximum atomic E-state index is 11.8. The van der Waals surface area contributed by atoms with Crippen LogP contribution in [0.3, 0.4) is 0 Å². The second-order valence-corrected chi connectivity index (χ2v) is 7.33. The second kappa shape index (κ2) is 7.71. The van der Waals surface area contributed by atoms with E-state index < -0.39 is 0 Å². The Morgan fingerprint density at radius 1 is 1.17 bits per heavy atom. The largest absolute Gasteiger partial charge is 0.337 e. The molecule has 2 aromatic rings. The number of aromatic nitrogens is 2. The van der Waals surface area contributed by atoms with E-state index in [1.165, 1.54) is 11.3 Å². The van der Waals surface area contributed by atoms with Crippen LogP contribution < -0.4 is 16.0 Å². The van der Waals surface area contributed by atoms with E-state index >= 15 is 0 Å².